The molecule has 156 valence electrons. The number of rotatable bonds is 10. The number of methoxy groups -OCH3 is 3. The molecule has 2 N–H and O–H groups in total. The van der Waals surface area contributed by atoms with Crippen LogP contribution in [0.15, 0.2) is 34.2 Å². The molecule has 1 heterocycles. The normalized spacial score (nSPS) is 10.3. The van der Waals surface area contributed by atoms with Crippen molar-refractivity contribution in [2.45, 2.75) is 18.0 Å². The van der Waals surface area contributed by atoms with Crippen LogP contribution in [0.25, 0.3) is 0 Å². The van der Waals surface area contributed by atoms with E-state index in [0.29, 0.717) is 24.5 Å². The number of amides is 1. The Morgan fingerprint density at radius 1 is 1.14 bits per heavy atom. The molecule has 0 aliphatic heterocycles. The number of esters is 1. The number of aromatic amines is 1. The fourth-order valence-corrected chi connectivity index (χ4v) is 3.15. The Balaban J connectivity index is 1.83. The molecule has 0 aliphatic carbocycles. The Kier molecular flexibility index (Phi) is 8.53. The standard InChI is InChI=1S/C19H23N3O6S/c1-26-14-5-4-12(8-15(14)27-2)6-7-20-17(24)11-29-19-21-13(9-16(23)22-19)10-18(25)28-3/h4-5,8-9H,6-7,10-11H2,1-3H3,(H,20,24)(H,21,22,23). The van der Waals surface area contributed by atoms with Gasteiger partial charge < -0.3 is 24.5 Å². The van der Waals surface area contributed by atoms with Crippen molar-refractivity contribution in [2.24, 2.45) is 0 Å². The number of H-pyrrole nitrogens is 1. The molecule has 2 rings (SSSR count). The number of nitrogens with one attached hydrogen (secondary N) is 2. The molecule has 0 fully saturated rings. The predicted molar refractivity (Wildman–Crippen MR) is 108 cm³/mol. The number of hydrogen-bond donors (Lipinski definition) is 2. The Labute approximate surface area is 172 Å². The summed E-state index contributed by atoms with van der Waals surface area (Å²) in [5.41, 5.74) is 0.893. The number of nitrogens with zero attached hydrogens (tertiary/aromatic N) is 1. The van der Waals surface area contributed by atoms with Crippen LogP contribution in [0.4, 0.5) is 0 Å². The van der Waals surface area contributed by atoms with E-state index in [1.807, 2.05) is 18.2 Å². The molecule has 29 heavy (non-hydrogen) atoms. The zero-order valence-electron chi connectivity index (χ0n) is 16.4. The highest BCUT2D eigenvalue weighted by atomic mass is 32.2. The topological polar surface area (TPSA) is 120 Å². The van der Waals surface area contributed by atoms with Crippen molar-refractivity contribution in [1.29, 1.82) is 0 Å². The number of benzene rings is 1. The number of aromatic nitrogens is 2. The van der Waals surface area contributed by atoms with Gasteiger partial charge in [0.15, 0.2) is 16.7 Å². The Hall–Kier alpha value is -3.01. The molecule has 0 saturated carbocycles. The first-order chi connectivity index (χ1) is 13.9. The molecule has 0 bridgehead atoms. The van der Waals surface area contributed by atoms with Crippen LogP contribution in [0.3, 0.4) is 0 Å². The summed E-state index contributed by atoms with van der Waals surface area (Å²) in [5.74, 6) is 0.668. The quantitative estimate of drug-likeness (QED) is 0.331. The lowest BCUT2D eigenvalue weighted by Gasteiger charge is -2.10. The van der Waals surface area contributed by atoms with Gasteiger partial charge >= 0.3 is 5.97 Å². The second-order valence-electron chi connectivity index (χ2n) is 5.87. The van der Waals surface area contributed by atoms with Crippen LogP contribution in [0.2, 0.25) is 0 Å². The van der Waals surface area contributed by atoms with Gasteiger partial charge in [-0.15, -0.1) is 0 Å². The fourth-order valence-electron chi connectivity index (χ4n) is 2.43. The highest BCUT2D eigenvalue weighted by Crippen LogP contribution is 2.27. The van der Waals surface area contributed by atoms with Crippen molar-refractivity contribution >= 4 is 23.6 Å². The molecule has 0 spiro atoms. The van der Waals surface area contributed by atoms with E-state index in [2.05, 4.69) is 20.0 Å². The SMILES string of the molecule is COC(=O)Cc1cc(=O)[nH]c(SCC(=O)NCCc2ccc(OC)c(OC)c2)n1. The zero-order chi connectivity index (χ0) is 21.2. The molecule has 2 aromatic rings. The van der Waals surface area contributed by atoms with E-state index in [9.17, 15) is 14.4 Å². The van der Waals surface area contributed by atoms with Gasteiger partial charge in [0.1, 0.15) is 0 Å². The third-order valence-corrected chi connectivity index (χ3v) is 4.72. The van der Waals surface area contributed by atoms with Crippen molar-refractivity contribution in [2.75, 3.05) is 33.6 Å². The maximum Gasteiger partial charge on any atom is 0.311 e. The molecule has 0 atom stereocenters. The zero-order valence-corrected chi connectivity index (χ0v) is 17.3. The lowest BCUT2D eigenvalue weighted by molar-refractivity contribution is -0.139. The molecule has 1 aromatic heterocycles. The van der Waals surface area contributed by atoms with Gasteiger partial charge in [0.05, 0.1) is 39.2 Å². The summed E-state index contributed by atoms with van der Waals surface area (Å²) in [4.78, 5) is 41.7. The van der Waals surface area contributed by atoms with E-state index in [4.69, 9.17) is 9.47 Å². The van der Waals surface area contributed by atoms with Gasteiger partial charge in [0, 0.05) is 12.6 Å². The highest BCUT2D eigenvalue weighted by Gasteiger charge is 2.10. The van der Waals surface area contributed by atoms with Gasteiger partial charge in [-0.05, 0) is 24.1 Å². The van der Waals surface area contributed by atoms with Crippen molar-refractivity contribution in [3.05, 3.63) is 45.9 Å². The number of ether oxygens (including phenoxy) is 3. The number of carbonyl (C=O) groups excluding carboxylic acids is 2. The van der Waals surface area contributed by atoms with Gasteiger partial charge in [0.25, 0.3) is 5.56 Å². The molecule has 0 aliphatic rings. The van der Waals surface area contributed by atoms with Gasteiger partial charge in [-0.2, -0.15) is 0 Å². The summed E-state index contributed by atoms with van der Waals surface area (Å²) in [6.07, 6.45) is 0.520. The number of carbonyl (C=O) groups is 2. The molecular formula is C19H23N3O6S. The minimum atomic E-state index is -0.494. The summed E-state index contributed by atoms with van der Waals surface area (Å²) in [7, 11) is 4.40. The van der Waals surface area contributed by atoms with E-state index in [1.165, 1.54) is 13.2 Å². The van der Waals surface area contributed by atoms with E-state index in [1.54, 1.807) is 14.2 Å². The second kappa shape index (κ2) is 11.1. The van der Waals surface area contributed by atoms with Gasteiger partial charge in [-0.3, -0.25) is 14.4 Å². The van der Waals surface area contributed by atoms with Crippen molar-refractivity contribution in [3.8, 4) is 11.5 Å². The Morgan fingerprint density at radius 3 is 2.59 bits per heavy atom. The van der Waals surface area contributed by atoms with Crippen LogP contribution in [-0.4, -0.2) is 55.5 Å². The van der Waals surface area contributed by atoms with E-state index >= 15 is 0 Å². The first kappa shape index (κ1) is 22.3. The average molecular weight is 421 g/mol. The lowest BCUT2D eigenvalue weighted by Crippen LogP contribution is -2.27. The molecule has 9 nitrogen and oxygen atoms in total. The smallest absolute Gasteiger partial charge is 0.311 e. The summed E-state index contributed by atoms with van der Waals surface area (Å²) in [5, 5.41) is 3.08. The monoisotopic (exact) mass is 421 g/mol. The maximum absolute atomic E-state index is 12.1. The molecule has 10 heteroatoms. The minimum absolute atomic E-state index is 0.0799. The Bertz CT molecular complexity index is 915. The van der Waals surface area contributed by atoms with Gasteiger partial charge in [0.2, 0.25) is 5.91 Å². The van der Waals surface area contributed by atoms with Gasteiger partial charge in [-0.25, -0.2) is 4.98 Å². The van der Waals surface area contributed by atoms with Gasteiger partial charge in [-0.1, -0.05) is 17.8 Å². The molecule has 1 amide bonds. The Morgan fingerprint density at radius 2 is 1.90 bits per heavy atom. The summed E-state index contributed by atoms with van der Waals surface area (Å²) < 4.78 is 15.0. The van der Waals surface area contributed by atoms with Crippen molar-refractivity contribution in [3.63, 3.8) is 0 Å². The van der Waals surface area contributed by atoms with E-state index in [-0.39, 0.29) is 28.9 Å². The van der Waals surface area contributed by atoms with Crippen LogP contribution in [0, 0.1) is 0 Å². The van der Waals surface area contributed by atoms with Crippen LogP contribution >= 0.6 is 11.8 Å². The first-order valence-corrected chi connectivity index (χ1v) is 9.71. The molecular weight excluding hydrogens is 398 g/mol. The number of thioether (sulfide) groups is 1. The summed E-state index contributed by atoms with van der Waals surface area (Å²) >= 11 is 1.08. The molecule has 0 unspecified atom stereocenters. The van der Waals surface area contributed by atoms with E-state index < -0.39 is 11.5 Å². The number of hydrogen-bond acceptors (Lipinski definition) is 8. The van der Waals surface area contributed by atoms with Crippen LogP contribution < -0.4 is 20.3 Å². The maximum atomic E-state index is 12.1. The second-order valence-corrected chi connectivity index (χ2v) is 6.84. The van der Waals surface area contributed by atoms with Crippen molar-refractivity contribution in [1.82, 2.24) is 15.3 Å². The third kappa shape index (κ3) is 7.15. The van der Waals surface area contributed by atoms with E-state index in [0.717, 1.165) is 17.3 Å². The minimum Gasteiger partial charge on any atom is -0.493 e. The van der Waals surface area contributed by atoms with Crippen LogP contribution in [-0.2, 0) is 27.2 Å². The molecule has 0 saturated heterocycles. The van der Waals surface area contributed by atoms with Crippen molar-refractivity contribution < 1.29 is 23.8 Å². The lowest BCUT2D eigenvalue weighted by atomic mass is 10.1. The predicted octanol–water partition coefficient (Wildman–Crippen LogP) is 0.954. The van der Waals surface area contributed by atoms with Crippen LogP contribution in [0.5, 0.6) is 11.5 Å². The fraction of sp³-hybridized carbons (Fsp3) is 0.368. The largest absolute Gasteiger partial charge is 0.493 e. The summed E-state index contributed by atoms with van der Waals surface area (Å²) in [6, 6.07) is 6.81. The molecule has 0 radical (unpaired) electrons. The van der Waals surface area contributed by atoms with Crippen LogP contribution in [0.1, 0.15) is 11.3 Å². The summed E-state index contributed by atoms with van der Waals surface area (Å²) in [6.45, 7) is 0.446. The highest BCUT2D eigenvalue weighted by molar-refractivity contribution is 7.99. The average Bonchev–Trinajstić information content (AvgIpc) is 2.71. The molecule has 1 aromatic carbocycles. The first-order valence-electron chi connectivity index (χ1n) is 8.72. The third-order valence-electron chi connectivity index (χ3n) is 3.85.